The van der Waals surface area contributed by atoms with E-state index in [1.165, 1.54) is 6.08 Å². The number of carbonyl (C=O) groups is 1. The molecule has 3 rings (SSSR count). The molecule has 0 spiro atoms. The summed E-state index contributed by atoms with van der Waals surface area (Å²) in [6.45, 7) is 0. The number of carbonyl (C=O) groups excluding carboxylic acids is 1. The van der Waals surface area contributed by atoms with Crippen LogP contribution in [-0.4, -0.2) is 5.78 Å². The van der Waals surface area contributed by atoms with Gasteiger partial charge in [-0.3, -0.25) is 4.79 Å². The van der Waals surface area contributed by atoms with E-state index in [1.54, 1.807) is 42.5 Å². The van der Waals surface area contributed by atoms with E-state index >= 15 is 0 Å². The highest BCUT2D eigenvalue weighted by molar-refractivity contribution is 6.31. The summed E-state index contributed by atoms with van der Waals surface area (Å²) >= 11 is 11.7. The minimum Gasteiger partial charge on any atom is -0.457 e. The third-order valence-electron chi connectivity index (χ3n) is 3.28. The summed E-state index contributed by atoms with van der Waals surface area (Å²) in [5.74, 6) is 1.23. The van der Waals surface area contributed by atoms with E-state index in [0.717, 1.165) is 11.3 Å². The zero-order valence-corrected chi connectivity index (χ0v) is 13.5. The summed E-state index contributed by atoms with van der Waals surface area (Å²) in [6.07, 6.45) is 3.13. The van der Waals surface area contributed by atoms with Gasteiger partial charge in [0.1, 0.15) is 11.5 Å². The van der Waals surface area contributed by atoms with Crippen molar-refractivity contribution in [3.8, 4) is 11.3 Å². The molecule has 2 nitrogen and oxygen atoms in total. The summed E-state index contributed by atoms with van der Waals surface area (Å²) in [4.78, 5) is 12.1. The maximum absolute atomic E-state index is 12.1. The van der Waals surface area contributed by atoms with E-state index in [9.17, 15) is 4.79 Å². The fourth-order valence-electron chi connectivity index (χ4n) is 2.08. The molecule has 0 radical (unpaired) electrons. The van der Waals surface area contributed by atoms with Crippen molar-refractivity contribution >= 4 is 35.1 Å². The summed E-state index contributed by atoms with van der Waals surface area (Å²) in [6, 6.07) is 17.8. The molecule has 0 saturated heterocycles. The molecule has 0 aliphatic carbocycles. The van der Waals surface area contributed by atoms with Gasteiger partial charge in [0.15, 0.2) is 5.78 Å². The van der Waals surface area contributed by atoms with Crippen molar-refractivity contribution in [3.05, 3.63) is 88.1 Å². The van der Waals surface area contributed by atoms with Gasteiger partial charge in [0, 0.05) is 21.2 Å². The molecule has 23 heavy (non-hydrogen) atoms. The fraction of sp³-hybridized carbons (Fsp3) is 0. The van der Waals surface area contributed by atoms with Gasteiger partial charge >= 0.3 is 0 Å². The highest BCUT2D eigenvalue weighted by Gasteiger charge is 2.05. The summed E-state index contributed by atoms with van der Waals surface area (Å²) < 4.78 is 5.71. The standard InChI is InChI=1S/C19H12Cl2O2/c20-15-5-1-13(2-6-15)18(22)11-9-17-10-12-19(23-17)14-3-7-16(21)8-4-14/h1-12H/b11-9+. The molecule has 0 fully saturated rings. The molecule has 4 heteroatoms. The van der Waals surface area contributed by atoms with Crippen LogP contribution >= 0.6 is 23.2 Å². The number of furan rings is 1. The van der Waals surface area contributed by atoms with Gasteiger partial charge in [-0.25, -0.2) is 0 Å². The highest BCUT2D eigenvalue weighted by Crippen LogP contribution is 2.24. The maximum atomic E-state index is 12.1. The van der Waals surface area contributed by atoms with E-state index < -0.39 is 0 Å². The summed E-state index contributed by atoms with van der Waals surface area (Å²) in [5, 5.41) is 1.28. The van der Waals surface area contributed by atoms with E-state index in [0.29, 0.717) is 21.4 Å². The third kappa shape index (κ3) is 3.92. The molecule has 0 N–H and O–H groups in total. The second-order valence-corrected chi connectivity index (χ2v) is 5.79. The van der Waals surface area contributed by atoms with Gasteiger partial charge in [0.25, 0.3) is 0 Å². The lowest BCUT2D eigenvalue weighted by Crippen LogP contribution is -1.92. The number of allylic oxidation sites excluding steroid dienone is 1. The first-order valence-corrected chi connectivity index (χ1v) is 7.71. The Kier molecular flexibility index (Phi) is 4.65. The van der Waals surface area contributed by atoms with Crippen molar-refractivity contribution in [2.75, 3.05) is 0 Å². The first kappa shape index (κ1) is 15.6. The smallest absolute Gasteiger partial charge is 0.185 e. The minimum absolute atomic E-state index is 0.105. The lowest BCUT2D eigenvalue weighted by molar-refractivity contribution is 0.104. The molecule has 1 heterocycles. The fourth-order valence-corrected chi connectivity index (χ4v) is 2.33. The van der Waals surface area contributed by atoms with Crippen LogP contribution < -0.4 is 0 Å². The Morgan fingerprint density at radius 1 is 0.826 bits per heavy atom. The molecular formula is C19H12Cl2O2. The molecule has 0 unspecified atom stereocenters. The average molecular weight is 343 g/mol. The van der Waals surface area contributed by atoms with Crippen LogP contribution in [0, 0.1) is 0 Å². The zero-order valence-electron chi connectivity index (χ0n) is 12.0. The second kappa shape index (κ2) is 6.86. The molecule has 0 aliphatic rings. The summed E-state index contributed by atoms with van der Waals surface area (Å²) in [7, 11) is 0. The quantitative estimate of drug-likeness (QED) is 0.420. The lowest BCUT2D eigenvalue weighted by Gasteiger charge is -1.97. The third-order valence-corrected chi connectivity index (χ3v) is 3.79. The largest absolute Gasteiger partial charge is 0.457 e. The molecule has 1 aromatic heterocycles. The molecule has 3 aromatic rings. The molecular weight excluding hydrogens is 331 g/mol. The van der Waals surface area contributed by atoms with Crippen LogP contribution in [0.5, 0.6) is 0 Å². The minimum atomic E-state index is -0.105. The van der Waals surface area contributed by atoms with Crippen LogP contribution in [-0.2, 0) is 0 Å². The van der Waals surface area contributed by atoms with Crippen molar-refractivity contribution in [1.82, 2.24) is 0 Å². The van der Waals surface area contributed by atoms with Crippen LogP contribution in [0.1, 0.15) is 16.1 Å². The Balaban J connectivity index is 1.74. The molecule has 114 valence electrons. The number of hydrogen-bond acceptors (Lipinski definition) is 2. The van der Waals surface area contributed by atoms with Crippen LogP contribution in [0.15, 0.2) is 71.2 Å². The topological polar surface area (TPSA) is 30.2 Å². The predicted molar refractivity (Wildman–Crippen MR) is 94.0 cm³/mol. The van der Waals surface area contributed by atoms with E-state index in [-0.39, 0.29) is 5.78 Å². The zero-order chi connectivity index (χ0) is 16.2. The van der Waals surface area contributed by atoms with Gasteiger partial charge < -0.3 is 4.42 Å². The Morgan fingerprint density at radius 3 is 2.09 bits per heavy atom. The highest BCUT2D eigenvalue weighted by atomic mass is 35.5. The van der Waals surface area contributed by atoms with E-state index in [4.69, 9.17) is 27.6 Å². The molecule has 0 atom stereocenters. The molecule has 0 saturated carbocycles. The van der Waals surface area contributed by atoms with Crippen LogP contribution in [0.4, 0.5) is 0 Å². The second-order valence-electron chi connectivity index (χ2n) is 4.91. The van der Waals surface area contributed by atoms with Crippen molar-refractivity contribution in [1.29, 1.82) is 0 Å². The average Bonchev–Trinajstić information content (AvgIpc) is 3.03. The Morgan fingerprint density at radius 2 is 1.43 bits per heavy atom. The Bertz CT molecular complexity index is 844. The molecule has 2 aromatic carbocycles. The molecule has 0 amide bonds. The molecule has 0 aliphatic heterocycles. The first-order valence-electron chi connectivity index (χ1n) is 6.95. The van der Waals surface area contributed by atoms with E-state index in [2.05, 4.69) is 0 Å². The van der Waals surface area contributed by atoms with E-state index in [1.807, 2.05) is 24.3 Å². The summed E-state index contributed by atoms with van der Waals surface area (Å²) in [5.41, 5.74) is 1.51. The maximum Gasteiger partial charge on any atom is 0.185 e. The van der Waals surface area contributed by atoms with Crippen molar-refractivity contribution in [2.24, 2.45) is 0 Å². The van der Waals surface area contributed by atoms with Crippen molar-refractivity contribution < 1.29 is 9.21 Å². The molecule has 0 bridgehead atoms. The van der Waals surface area contributed by atoms with Gasteiger partial charge in [0.2, 0.25) is 0 Å². The first-order chi connectivity index (χ1) is 11.1. The van der Waals surface area contributed by atoms with Crippen LogP contribution in [0.3, 0.4) is 0 Å². The Labute approximate surface area is 144 Å². The van der Waals surface area contributed by atoms with Gasteiger partial charge in [-0.15, -0.1) is 0 Å². The van der Waals surface area contributed by atoms with Gasteiger partial charge in [-0.05, 0) is 72.8 Å². The van der Waals surface area contributed by atoms with Crippen LogP contribution in [0.2, 0.25) is 10.0 Å². The monoisotopic (exact) mass is 342 g/mol. The number of benzene rings is 2. The number of hydrogen-bond donors (Lipinski definition) is 0. The number of rotatable bonds is 4. The SMILES string of the molecule is O=C(/C=C/c1ccc(-c2ccc(Cl)cc2)o1)c1ccc(Cl)cc1. The normalized spacial score (nSPS) is 11.0. The van der Waals surface area contributed by atoms with Gasteiger partial charge in [-0.1, -0.05) is 23.2 Å². The number of halogens is 2. The Hall–Kier alpha value is -2.29. The number of ketones is 1. The van der Waals surface area contributed by atoms with Crippen molar-refractivity contribution in [3.63, 3.8) is 0 Å². The van der Waals surface area contributed by atoms with Gasteiger partial charge in [-0.2, -0.15) is 0 Å². The lowest BCUT2D eigenvalue weighted by atomic mass is 10.1. The van der Waals surface area contributed by atoms with Crippen molar-refractivity contribution in [2.45, 2.75) is 0 Å². The van der Waals surface area contributed by atoms with Crippen LogP contribution in [0.25, 0.3) is 17.4 Å². The van der Waals surface area contributed by atoms with Gasteiger partial charge in [0.05, 0.1) is 0 Å². The predicted octanol–water partition coefficient (Wildman–Crippen LogP) is 6.15.